The molecule has 0 spiro atoms. The van der Waals surface area contributed by atoms with Gasteiger partial charge in [0, 0.05) is 12.2 Å². The first-order chi connectivity index (χ1) is 5.33. The minimum absolute atomic E-state index is 0.570. The van der Waals surface area contributed by atoms with Crippen LogP contribution in [-0.4, -0.2) is 10.7 Å². The van der Waals surface area contributed by atoms with Gasteiger partial charge in [-0.3, -0.25) is 0 Å². The fraction of sp³-hybridized carbons (Fsp3) is 0.286. The van der Waals surface area contributed by atoms with Gasteiger partial charge in [0.05, 0.1) is 11.1 Å². The number of thiazole rings is 1. The van der Waals surface area contributed by atoms with Gasteiger partial charge in [-0.05, 0) is 0 Å². The van der Waals surface area contributed by atoms with E-state index in [-0.39, 0.29) is 0 Å². The highest BCUT2D eigenvalue weighted by atomic mass is 32.1. The summed E-state index contributed by atoms with van der Waals surface area (Å²) in [5.41, 5.74) is 5.41. The van der Waals surface area contributed by atoms with Crippen molar-refractivity contribution >= 4 is 29.1 Å². The predicted octanol–water partition coefficient (Wildman–Crippen LogP) is 1.40. The molecule has 0 saturated carbocycles. The zero-order chi connectivity index (χ0) is 8.10. The second-order valence-electron chi connectivity index (χ2n) is 1.84. The zero-order valence-corrected chi connectivity index (χ0v) is 7.58. The van der Waals surface area contributed by atoms with Gasteiger partial charge < -0.3 is 5.73 Å². The van der Waals surface area contributed by atoms with E-state index in [1.165, 1.54) is 11.3 Å². The number of nitrogen functional groups attached to an aromatic ring is 1. The van der Waals surface area contributed by atoms with E-state index < -0.39 is 0 Å². The number of hydrogen-bond donors (Lipinski definition) is 2. The first-order valence-corrected chi connectivity index (χ1v) is 4.59. The molecule has 58 valence electrons. The average Bonchev–Trinajstić information content (AvgIpc) is 2.37. The van der Waals surface area contributed by atoms with Crippen LogP contribution in [0.5, 0.6) is 0 Å². The molecule has 0 bridgehead atoms. The summed E-state index contributed by atoms with van der Waals surface area (Å²) in [6.07, 6.45) is 2.49. The molecule has 1 aromatic heterocycles. The molecule has 0 unspecified atom stereocenters. The minimum atomic E-state index is 0.570. The van der Waals surface area contributed by atoms with Gasteiger partial charge >= 0.3 is 0 Å². The maximum Gasteiger partial charge on any atom is 0.181 e. The molecule has 1 aromatic rings. The summed E-state index contributed by atoms with van der Waals surface area (Å²) in [6, 6.07) is 0. The van der Waals surface area contributed by atoms with Gasteiger partial charge in [0.1, 0.15) is 0 Å². The number of thiol groups is 1. The molecule has 0 aliphatic heterocycles. The van der Waals surface area contributed by atoms with Crippen LogP contribution in [0, 0.1) is 11.8 Å². The fourth-order valence-corrected chi connectivity index (χ4v) is 1.22. The van der Waals surface area contributed by atoms with Gasteiger partial charge in [-0.2, -0.15) is 12.6 Å². The molecule has 0 fully saturated rings. The molecule has 0 aromatic carbocycles. The number of aromatic nitrogens is 1. The number of nitrogens with two attached hydrogens (primary N) is 1. The van der Waals surface area contributed by atoms with Crippen LogP contribution in [0.4, 0.5) is 5.13 Å². The third kappa shape index (κ3) is 2.83. The normalized spacial score (nSPS) is 8.82. The molecule has 0 amide bonds. The van der Waals surface area contributed by atoms with Crippen molar-refractivity contribution in [1.29, 1.82) is 0 Å². The predicted molar refractivity (Wildman–Crippen MR) is 51.9 cm³/mol. The lowest BCUT2D eigenvalue weighted by atomic mass is 10.4. The molecule has 0 atom stereocenters. The molecular weight excluding hydrogens is 176 g/mol. The van der Waals surface area contributed by atoms with Gasteiger partial charge in [0.2, 0.25) is 0 Å². The van der Waals surface area contributed by atoms with Gasteiger partial charge in [0.15, 0.2) is 5.13 Å². The summed E-state index contributed by atoms with van der Waals surface area (Å²) in [5.74, 6) is 6.69. The van der Waals surface area contributed by atoms with Crippen molar-refractivity contribution in [3.05, 3.63) is 11.1 Å². The Balaban J connectivity index is 2.59. The van der Waals surface area contributed by atoms with Crippen LogP contribution in [-0.2, 0) is 0 Å². The number of rotatable bonds is 1. The van der Waals surface area contributed by atoms with E-state index in [9.17, 15) is 0 Å². The summed E-state index contributed by atoms with van der Waals surface area (Å²) >= 11 is 5.44. The van der Waals surface area contributed by atoms with Gasteiger partial charge in [-0.15, -0.1) is 0 Å². The Morgan fingerprint density at radius 2 is 2.55 bits per heavy atom. The van der Waals surface area contributed by atoms with Crippen molar-refractivity contribution in [3.63, 3.8) is 0 Å². The van der Waals surface area contributed by atoms with E-state index in [1.807, 2.05) is 0 Å². The summed E-state index contributed by atoms with van der Waals surface area (Å²) in [7, 11) is 0. The second-order valence-corrected chi connectivity index (χ2v) is 3.35. The summed E-state index contributed by atoms with van der Waals surface area (Å²) < 4.78 is 0. The maximum atomic E-state index is 5.41. The molecule has 1 rings (SSSR count). The lowest BCUT2D eigenvalue weighted by molar-refractivity contribution is 1.31. The maximum absolute atomic E-state index is 5.41. The van der Waals surface area contributed by atoms with Crippen molar-refractivity contribution in [2.75, 3.05) is 11.5 Å². The van der Waals surface area contributed by atoms with Crippen LogP contribution in [0.15, 0.2) is 6.20 Å². The number of nitrogens with zero attached hydrogens (tertiary/aromatic N) is 1. The number of anilines is 1. The third-order valence-corrected chi connectivity index (χ3v) is 1.94. The first-order valence-electron chi connectivity index (χ1n) is 3.14. The van der Waals surface area contributed by atoms with Crippen molar-refractivity contribution in [2.24, 2.45) is 0 Å². The topological polar surface area (TPSA) is 38.9 Å². The monoisotopic (exact) mass is 184 g/mol. The smallest absolute Gasteiger partial charge is 0.181 e. The van der Waals surface area contributed by atoms with Crippen LogP contribution >= 0.6 is 24.0 Å². The molecule has 1 heterocycles. The molecule has 11 heavy (non-hydrogen) atoms. The van der Waals surface area contributed by atoms with Crippen LogP contribution in [0.25, 0.3) is 0 Å². The van der Waals surface area contributed by atoms with Crippen LogP contribution < -0.4 is 5.73 Å². The fourth-order valence-electron chi connectivity index (χ4n) is 0.551. The molecule has 4 heteroatoms. The first kappa shape index (κ1) is 8.44. The largest absolute Gasteiger partial charge is 0.375 e. The van der Waals surface area contributed by atoms with E-state index in [1.54, 1.807) is 6.20 Å². The SMILES string of the molecule is Nc1ncc(C#CCCS)s1. The second kappa shape index (κ2) is 4.27. The van der Waals surface area contributed by atoms with Crippen molar-refractivity contribution < 1.29 is 0 Å². The molecular formula is C7H8N2S2. The Morgan fingerprint density at radius 3 is 3.09 bits per heavy atom. The minimum Gasteiger partial charge on any atom is -0.375 e. The van der Waals surface area contributed by atoms with E-state index in [2.05, 4.69) is 29.5 Å². The molecule has 0 radical (unpaired) electrons. The number of hydrogen-bond acceptors (Lipinski definition) is 4. The average molecular weight is 184 g/mol. The van der Waals surface area contributed by atoms with E-state index >= 15 is 0 Å². The Hall–Kier alpha value is -0.660. The molecule has 0 aliphatic carbocycles. The highest BCUT2D eigenvalue weighted by molar-refractivity contribution is 7.80. The van der Waals surface area contributed by atoms with Gasteiger partial charge in [-0.25, -0.2) is 4.98 Å². The van der Waals surface area contributed by atoms with Crippen molar-refractivity contribution in [2.45, 2.75) is 6.42 Å². The van der Waals surface area contributed by atoms with E-state index in [0.29, 0.717) is 5.13 Å². The third-order valence-electron chi connectivity index (χ3n) is 0.972. The Morgan fingerprint density at radius 1 is 1.73 bits per heavy atom. The van der Waals surface area contributed by atoms with E-state index in [0.717, 1.165) is 17.1 Å². The van der Waals surface area contributed by atoms with Crippen LogP contribution in [0.1, 0.15) is 11.3 Å². The Kier molecular flexibility index (Phi) is 3.27. The summed E-state index contributed by atoms with van der Waals surface area (Å²) in [4.78, 5) is 4.79. The van der Waals surface area contributed by atoms with E-state index in [4.69, 9.17) is 5.73 Å². The van der Waals surface area contributed by atoms with Crippen LogP contribution in [0.2, 0.25) is 0 Å². The van der Waals surface area contributed by atoms with Crippen LogP contribution in [0.3, 0.4) is 0 Å². The zero-order valence-electron chi connectivity index (χ0n) is 5.87. The highest BCUT2D eigenvalue weighted by Gasteiger charge is 1.91. The molecule has 2 nitrogen and oxygen atoms in total. The van der Waals surface area contributed by atoms with Gasteiger partial charge in [0.25, 0.3) is 0 Å². The lowest BCUT2D eigenvalue weighted by Gasteiger charge is -1.76. The standard InChI is InChI=1S/C7H8N2S2/c8-7-9-5-6(11-7)3-1-2-4-10/h5,10H,2,4H2,(H2,8,9). The Labute approximate surface area is 75.2 Å². The highest BCUT2D eigenvalue weighted by Crippen LogP contribution is 2.12. The molecule has 0 aliphatic rings. The summed E-state index contributed by atoms with van der Waals surface area (Å²) in [6.45, 7) is 0. The van der Waals surface area contributed by atoms with Gasteiger partial charge in [-0.1, -0.05) is 23.2 Å². The molecule has 2 N–H and O–H groups in total. The van der Waals surface area contributed by atoms with Crippen molar-refractivity contribution in [1.82, 2.24) is 4.98 Å². The lowest BCUT2D eigenvalue weighted by Crippen LogP contribution is -1.77. The quantitative estimate of drug-likeness (QED) is 0.511. The Bertz CT molecular complexity index is 282. The summed E-state index contributed by atoms with van der Waals surface area (Å²) in [5, 5.41) is 0.570. The van der Waals surface area contributed by atoms with Crippen molar-refractivity contribution in [3.8, 4) is 11.8 Å². The molecule has 0 saturated heterocycles.